The normalized spacial score (nSPS) is 15.4. The van der Waals surface area contributed by atoms with E-state index in [2.05, 4.69) is 27.5 Å². The van der Waals surface area contributed by atoms with Crippen molar-refractivity contribution in [1.82, 2.24) is 14.8 Å². The van der Waals surface area contributed by atoms with Crippen LogP contribution >= 0.6 is 11.8 Å². The number of nitrogens with one attached hydrogen (secondary N) is 1. The maximum atomic E-state index is 12.3. The Morgan fingerprint density at radius 2 is 1.94 bits per heavy atom. The first-order valence-electron chi connectivity index (χ1n) is 10.2. The topological polar surface area (TPSA) is 95.1 Å². The van der Waals surface area contributed by atoms with Crippen LogP contribution in [-0.2, 0) is 11.2 Å². The van der Waals surface area contributed by atoms with Gasteiger partial charge in [0.15, 0.2) is 0 Å². The Bertz CT molecular complexity index is 1090. The number of benzene rings is 2. The van der Waals surface area contributed by atoms with Gasteiger partial charge in [-0.05, 0) is 35.9 Å². The lowest BCUT2D eigenvalue weighted by molar-refractivity contribution is -0.115. The standard InChI is InChI=1S/C23H25N5O2S/c1-3-31-23-26-22-25-15(2)19(21(24)29)20(28(22)27-23)17-9-11-18(12-10-17)30-14-13-16-7-5-4-6-8-16/h4-12,20H,3,13-14H2,1-2H3,(H2,24,29)(H,25,26,27). The Morgan fingerprint density at radius 1 is 1.19 bits per heavy atom. The molecule has 1 aliphatic heterocycles. The molecule has 8 heteroatoms. The highest BCUT2D eigenvalue weighted by molar-refractivity contribution is 7.99. The fraction of sp³-hybridized carbons (Fsp3) is 0.261. The molecule has 0 saturated heterocycles. The Balaban J connectivity index is 1.56. The van der Waals surface area contributed by atoms with Crippen molar-refractivity contribution < 1.29 is 9.53 Å². The van der Waals surface area contributed by atoms with Crippen LogP contribution in [0.25, 0.3) is 0 Å². The van der Waals surface area contributed by atoms with Crippen LogP contribution in [0.15, 0.2) is 71.0 Å². The number of thioether (sulfide) groups is 1. The number of nitrogens with zero attached hydrogens (tertiary/aromatic N) is 3. The van der Waals surface area contributed by atoms with Crippen LogP contribution in [-0.4, -0.2) is 33.0 Å². The van der Waals surface area contributed by atoms with E-state index in [9.17, 15) is 4.79 Å². The molecule has 3 N–H and O–H groups in total. The predicted molar refractivity (Wildman–Crippen MR) is 122 cm³/mol. The van der Waals surface area contributed by atoms with E-state index in [0.717, 1.165) is 23.5 Å². The van der Waals surface area contributed by atoms with E-state index in [4.69, 9.17) is 10.5 Å². The summed E-state index contributed by atoms with van der Waals surface area (Å²) in [4.78, 5) is 16.8. The number of aromatic nitrogens is 3. The van der Waals surface area contributed by atoms with E-state index >= 15 is 0 Å². The lowest BCUT2D eigenvalue weighted by atomic mass is 9.95. The summed E-state index contributed by atoms with van der Waals surface area (Å²) in [5, 5.41) is 8.42. The number of anilines is 1. The van der Waals surface area contributed by atoms with E-state index in [1.807, 2.05) is 56.3 Å². The number of nitrogens with two attached hydrogens (primary N) is 1. The maximum Gasteiger partial charge on any atom is 0.248 e. The van der Waals surface area contributed by atoms with Gasteiger partial charge in [-0.15, -0.1) is 5.10 Å². The fourth-order valence-corrected chi connectivity index (χ4v) is 4.18. The molecule has 0 spiro atoms. The van der Waals surface area contributed by atoms with Crippen LogP contribution in [0, 0.1) is 0 Å². The Hall–Kier alpha value is -3.26. The number of hydrogen-bond acceptors (Lipinski definition) is 6. The molecular formula is C23H25N5O2S. The third-order valence-corrected chi connectivity index (χ3v) is 5.79. The summed E-state index contributed by atoms with van der Waals surface area (Å²) >= 11 is 1.55. The minimum atomic E-state index is -0.482. The molecule has 4 rings (SSSR count). The van der Waals surface area contributed by atoms with E-state index in [1.54, 1.807) is 16.4 Å². The van der Waals surface area contributed by atoms with Crippen molar-refractivity contribution in [2.45, 2.75) is 31.5 Å². The van der Waals surface area contributed by atoms with Gasteiger partial charge in [0.1, 0.15) is 11.8 Å². The number of carbonyl (C=O) groups excluding carboxylic acids is 1. The number of hydrogen-bond donors (Lipinski definition) is 2. The van der Waals surface area contributed by atoms with Gasteiger partial charge in [-0.1, -0.05) is 61.2 Å². The summed E-state index contributed by atoms with van der Waals surface area (Å²) in [6.45, 7) is 4.47. The molecule has 7 nitrogen and oxygen atoms in total. The lowest BCUT2D eigenvalue weighted by Gasteiger charge is -2.27. The summed E-state index contributed by atoms with van der Waals surface area (Å²) in [5.41, 5.74) is 9.02. The van der Waals surface area contributed by atoms with Crippen molar-refractivity contribution in [3.63, 3.8) is 0 Å². The van der Waals surface area contributed by atoms with Gasteiger partial charge in [0.25, 0.3) is 0 Å². The number of allylic oxidation sites excluding steroid dienone is 1. The van der Waals surface area contributed by atoms with Crippen LogP contribution in [0.2, 0.25) is 0 Å². The van der Waals surface area contributed by atoms with Crippen molar-refractivity contribution in [3.05, 3.63) is 77.0 Å². The van der Waals surface area contributed by atoms with Gasteiger partial charge in [-0.25, -0.2) is 4.68 Å². The molecular weight excluding hydrogens is 410 g/mol. The minimum absolute atomic E-state index is 0.439. The van der Waals surface area contributed by atoms with Crippen molar-refractivity contribution in [3.8, 4) is 5.75 Å². The number of fused-ring (bicyclic) bond motifs is 1. The first-order valence-corrected chi connectivity index (χ1v) is 11.2. The van der Waals surface area contributed by atoms with Crippen molar-refractivity contribution in [2.75, 3.05) is 17.7 Å². The Morgan fingerprint density at radius 3 is 2.61 bits per heavy atom. The third-order valence-electron chi connectivity index (χ3n) is 5.07. The summed E-state index contributed by atoms with van der Waals surface area (Å²) < 4.78 is 7.63. The zero-order valence-electron chi connectivity index (χ0n) is 17.5. The molecule has 31 heavy (non-hydrogen) atoms. The van der Waals surface area contributed by atoms with E-state index in [-0.39, 0.29) is 0 Å². The average Bonchev–Trinajstić information content (AvgIpc) is 3.16. The second-order valence-corrected chi connectivity index (χ2v) is 8.41. The van der Waals surface area contributed by atoms with Crippen molar-refractivity contribution >= 4 is 23.6 Å². The summed E-state index contributed by atoms with van der Waals surface area (Å²) in [5.74, 6) is 1.75. The molecule has 1 amide bonds. The molecule has 2 aromatic carbocycles. The molecule has 2 heterocycles. The average molecular weight is 436 g/mol. The molecule has 0 aliphatic carbocycles. The van der Waals surface area contributed by atoms with Crippen molar-refractivity contribution in [2.24, 2.45) is 5.73 Å². The molecule has 1 aliphatic rings. The highest BCUT2D eigenvalue weighted by atomic mass is 32.2. The third kappa shape index (κ3) is 4.59. The first-order chi connectivity index (χ1) is 15.1. The van der Waals surface area contributed by atoms with Gasteiger partial charge in [-0.3, -0.25) is 4.79 Å². The second-order valence-electron chi connectivity index (χ2n) is 7.18. The molecule has 3 aromatic rings. The smallest absolute Gasteiger partial charge is 0.248 e. The second kappa shape index (κ2) is 9.26. The molecule has 1 atom stereocenters. The van der Waals surface area contributed by atoms with Gasteiger partial charge >= 0.3 is 0 Å². The SMILES string of the molecule is CCSc1nc2n(n1)C(c1ccc(OCCc3ccccc3)cc1)C(C(N)=O)=C(C)N2. The van der Waals surface area contributed by atoms with Gasteiger partial charge in [0, 0.05) is 12.1 Å². The highest BCUT2D eigenvalue weighted by Gasteiger charge is 2.33. The van der Waals surface area contributed by atoms with Crippen LogP contribution < -0.4 is 15.8 Å². The highest BCUT2D eigenvalue weighted by Crippen LogP contribution is 2.36. The largest absolute Gasteiger partial charge is 0.493 e. The molecule has 0 bridgehead atoms. The number of carbonyl (C=O) groups is 1. The molecule has 160 valence electrons. The zero-order valence-corrected chi connectivity index (χ0v) is 18.4. The van der Waals surface area contributed by atoms with Crippen LogP contribution in [0.1, 0.15) is 31.0 Å². The summed E-state index contributed by atoms with van der Waals surface area (Å²) in [7, 11) is 0. The van der Waals surface area contributed by atoms with Crippen LogP contribution in [0.3, 0.4) is 0 Å². The summed E-state index contributed by atoms with van der Waals surface area (Å²) in [6, 6.07) is 17.5. The van der Waals surface area contributed by atoms with Gasteiger partial charge < -0.3 is 15.8 Å². The quantitative estimate of drug-likeness (QED) is 0.523. The number of ether oxygens (including phenoxy) is 1. The molecule has 0 fully saturated rings. The lowest BCUT2D eigenvalue weighted by Crippen LogP contribution is -2.31. The first kappa shape index (κ1) is 21.0. The molecule has 1 aromatic heterocycles. The zero-order chi connectivity index (χ0) is 21.8. The molecule has 0 saturated carbocycles. The predicted octanol–water partition coefficient (Wildman–Crippen LogP) is 3.79. The van der Waals surface area contributed by atoms with Gasteiger partial charge in [-0.2, -0.15) is 4.98 Å². The maximum absolute atomic E-state index is 12.3. The van der Waals surface area contributed by atoms with Crippen LogP contribution in [0.4, 0.5) is 5.95 Å². The number of rotatable bonds is 8. The van der Waals surface area contributed by atoms with E-state index in [0.29, 0.717) is 29.0 Å². The van der Waals surface area contributed by atoms with Crippen molar-refractivity contribution in [1.29, 1.82) is 0 Å². The number of primary amides is 1. The van der Waals surface area contributed by atoms with Crippen LogP contribution in [0.5, 0.6) is 5.75 Å². The van der Waals surface area contributed by atoms with Gasteiger partial charge in [0.05, 0.1) is 12.2 Å². The Labute approximate surface area is 185 Å². The van der Waals surface area contributed by atoms with E-state index in [1.165, 1.54) is 5.56 Å². The number of amides is 1. The molecule has 0 radical (unpaired) electrons. The minimum Gasteiger partial charge on any atom is -0.493 e. The molecule has 1 unspecified atom stereocenters. The van der Waals surface area contributed by atoms with Gasteiger partial charge in [0.2, 0.25) is 17.0 Å². The van der Waals surface area contributed by atoms with E-state index < -0.39 is 11.9 Å². The Kier molecular flexibility index (Phi) is 6.27. The fourth-order valence-electron chi connectivity index (χ4n) is 3.63. The monoisotopic (exact) mass is 435 g/mol. The summed E-state index contributed by atoms with van der Waals surface area (Å²) in [6.07, 6.45) is 0.838.